The van der Waals surface area contributed by atoms with Gasteiger partial charge in [0.15, 0.2) is 5.11 Å². The van der Waals surface area contributed by atoms with Gasteiger partial charge in [-0.25, -0.2) is 0 Å². The van der Waals surface area contributed by atoms with Gasteiger partial charge in [-0.2, -0.15) is 0 Å². The van der Waals surface area contributed by atoms with E-state index in [9.17, 15) is 9.59 Å². The molecule has 0 unspecified atom stereocenters. The molecule has 2 amide bonds. The molecule has 132 valence electrons. The predicted octanol–water partition coefficient (Wildman–Crippen LogP) is 2.86. The second-order valence-corrected chi connectivity index (χ2v) is 6.25. The molecule has 2 aromatic carbocycles. The summed E-state index contributed by atoms with van der Waals surface area (Å²) in [5.41, 5.74) is 1.75. The Hall–Kier alpha value is -2.99. The minimum atomic E-state index is -0.420. The lowest BCUT2D eigenvalue weighted by molar-refractivity contribution is -0.132. The summed E-state index contributed by atoms with van der Waals surface area (Å²) in [6, 6.07) is 17.1. The highest BCUT2D eigenvalue weighted by molar-refractivity contribution is 7.80. The maximum atomic E-state index is 12.5. The van der Waals surface area contributed by atoms with Gasteiger partial charge in [-0.1, -0.05) is 48.5 Å². The van der Waals surface area contributed by atoms with Crippen molar-refractivity contribution in [2.24, 2.45) is 0 Å². The number of hydrogen-bond donors (Lipinski definition) is 0. The lowest BCUT2D eigenvalue weighted by Gasteiger charge is -2.31. The Morgan fingerprint density at radius 2 is 1.50 bits per heavy atom. The molecule has 0 N–H and O–H groups in total. The van der Waals surface area contributed by atoms with Gasteiger partial charge in [-0.05, 0) is 29.9 Å². The van der Waals surface area contributed by atoms with Crippen LogP contribution in [-0.4, -0.2) is 40.8 Å². The van der Waals surface area contributed by atoms with Crippen molar-refractivity contribution in [2.75, 3.05) is 14.1 Å². The molecular formula is C20H18N2O3S. The summed E-state index contributed by atoms with van der Waals surface area (Å²) < 4.78 is 5.89. The van der Waals surface area contributed by atoms with Crippen LogP contribution in [0.25, 0.3) is 6.08 Å². The molecule has 0 aliphatic carbocycles. The Bertz CT molecular complexity index is 867. The number of thiocarbonyl (C=S) groups is 1. The van der Waals surface area contributed by atoms with E-state index in [1.165, 1.54) is 9.80 Å². The van der Waals surface area contributed by atoms with Crippen LogP contribution in [0.4, 0.5) is 0 Å². The van der Waals surface area contributed by atoms with Crippen LogP contribution >= 0.6 is 12.2 Å². The van der Waals surface area contributed by atoms with E-state index in [2.05, 4.69) is 0 Å². The molecule has 0 bridgehead atoms. The Morgan fingerprint density at radius 1 is 0.923 bits per heavy atom. The number of amides is 2. The molecule has 0 spiro atoms. The number of carbonyl (C=O) groups excluding carboxylic acids is 2. The maximum absolute atomic E-state index is 12.5. The number of nitrogens with zero attached hydrogens (tertiary/aromatic N) is 2. The summed E-state index contributed by atoms with van der Waals surface area (Å²) in [5, 5.41) is 0.186. The van der Waals surface area contributed by atoms with Crippen LogP contribution in [0.5, 0.6) is 5.75 Å². The molecule has 3 rings (SSSR count). The third kappa shape index (κ3) is 3.50. The first-order chi connectivity index (χ1) is 12.5. The van der Waals surface area contributed by atoms with Gasteiger partial charge in [0.2, 0.25) is 0 Å². The summed E-state index contributed by atoms with van der Waals surface area (Å²) in [7, 11) is 3.11. The van der Waals surface area contributed by atoms with Crippen LogP contribution in [-0.2, 0) is 16.2 Å². The van der Waals surface area contributed by atoms with Crippen LogP contribution in [0, 0.1) is 0 Å². The first-order valence-corrected chi connectivity index (χ1v) is 8.47. The standard InChI is InChI=1S/C20H18N2O3S/c1-21-18(23)16(19(24)22(2)20(21)26)12-15-10-6-7-11-17(15)25-13-14-8-4-3-5-9-14/h3-12H,13H2,1-2H3. The Kier molecular flexibility index (Phi) is 5.14. The highest BCUT2D eigenvalue weighted by Gasteiger charge is 2.35. The molecule has 1 aliphatic rings. The summed E-state index contributed by atoms with van der Waals surface area (Å²) in [6.07, 6.45) is 1.56. The molecule has 2 aromatic rings. The van der Waals surface area contributed by atoms with Crippen molar-refractivity contribution < 1.29 is 14.3 Å². The monoisotopic (exact) mass is 366 g/mol. The van der Waals surface area contributed by atoms with Crippen LogP contribution in [0.2, 0.25) is 0 Å². The zero-order chi connectivity index (χ0) is 18.7. The molecule has 0 aromatic heterocycles. The maximum Gasteiger partial charge on any atom is 0.265 e. The van der Waals surface area contributed by atoms with E-state index < -0.39 is 11.8 Å². The van der Waals surface area contributed by atoms with Gasteiger partial charge in [-0.3, -0.25) is 19.4 Å². The first-order valence-electron chi connectivity index (χ1n) is 8.06. The molecule has 5 nitrogen and oxygen atoms in total. The Balaban J connectivity index is 1.90. The number of carbonyl (C=O) groups is 2. The highest BCUT2D eigenvalue weighted by Crippen LogP contribution is 2.25. The van der Waals surface area contributed by atoms with Crippen molar-refractivity contribution in [3.8, 4) is 5.75 Å². The van der Waals surface area contributed by atoms with Gasteiger partial charge < -0.3 is 4.74 Å². The molecule has 1 fully saturated rings. The third-order valence-electron chi connectivity index (χ3n) is 4.10. The third-order valence-corrected chi connectivity index (χ3v) is 4.65. The van der Waals surface area contributed by atoms with E-state index in [1.54, 1.807) is 26.2 Å². The Morgan fingerprint density at radius 3 is 2.15 bits per heavy atom. The molecule has 0 atom stereocenters. The molecular weight excluding hydrogens is 348 g/mol. The van der Waals surface area contributed by atoms with Crippen molar-refractivity contribution in [3.05, 3.63) is 71.3 Å². The normalized spacial score (nSPS) is 14.7. The molecule has 0 radical (unpaired) electrons. The number of para-hydroxylation sites is 1. The Labute approximate surface area is 157 Å². The van der Waals surface area contributed by atoms with Crippen molar-refractivity contribution in [1.82, 2.24) is 9.80 Å². The van der Waals surface area contributed by atoms with Gasteiger partial charge in [0, 0.05) is 19.7 Å². The van der Waals surface area contributed by atoms with Crippen molar-refractivity contribution in [2.45, 2.75) is 6.61 Å². The van der Waals surface area contributed by atoms with Crippen molar-refractivity contribution in [3.63, 3.8) is 0 Å². The average molecular weight is 366 g/mol. The predicted molar refractivity (Wildman–Crippen MR) is 103 cm³/mol. The van der Waals surface area contributed by atoms with Crippen molar-refractivity contribution >= 4 is 35.2 Å². The molecule has 1 aliphatic heterocycles. The molecule has 26 heavy (non-hydrogen) atoms. The number of hydrogen-bond acceptors (Lipinski definition) is 4. The van der Waals surface area contributed by atoms with E-state index in [4.69, 9.17) is 17.0 Å². The molecule has 1 heterocycles. The molecule has 1 saturated heterocycles. The fourth-order valence-electron chi connectivity index (χ4n) is 2.60. The van der Waals surface area contributed by atoms with Crippen molar-refractivity contribution in [1.29, 1.82) is 0 Å². The minimum Gasteiger partial charge on any atom is -0.488 e. The second-order valence-electron chi connectivity index (χ2n) is 5.88. The molecule has 0 saturated carbocycles. The van der Waals surface area contributed by atoms with E-state index in [-0.39, 0.29) is 10.7 Å². The van der Waals surface area contributed by atoms with Gasteiger partial charge in [0.1, 0.15) is 17.9 Å². The largest absolute Gasteiger partial charge is 0.488 e. The van der Waals surface area contributed by atoms with Gasteiger partial charge in [0.25, 0.3) is 11.8 Å². The summed E-state index contributed by atoms with van der Waals surface area (Å²) in [5.74, 6) is -0.241. The lowest BCUT2D eigenvalue weighted by Crippen LogP contribution is -2.52. The van der Waals surface area contributed by atoms with E-state index in [0.717, 1.165) is 5.56 Å². The van der Waals surface area contributed by atoms with Crippen LogP contribution < -0.4 is 4.74 Å². The average Bonchev–Trinajstić information content (AvgIpc) is 2.68. The highest BCUT2D eigenvalue weighted by atomic mass is 32.1. The second kappa shape index (κ2) is 7.49. The van der Waals surface area contributed by atoms with Crippen LogP contribution in [0.1, 0.15) is 11.1 Å². The number of benzene rings is 2. The summed E-state index contributed by atoms with van der Waals surface area (Å²) in [4.78, 5) is 27.5. The minimum absolute atomic E-state index is 0.0550. The SMILES string of the molecule is CN1C(=O)C(=Cc2ccccc2OCc2ccccc2)C(=O)N(C)C1=S. The summed E-state index contributed by atoms with van der Waals surface area (Å²) >= 11 is 5.10. The van der Waals surface area contributed by atoms with E-state index in [0.29, 0.717) is 17.9 Å². The van der Waals surface area contributed by atoms with Gasteiger partial charge >= 0.3 is 0 Å². The van der Waals surface area contributed by atoms with Crippen LogP contribution in [0.3, 0.4) is 0 Å². The zero-order valence-electron chi connectivity index (χ0n) is 14.5. The first kappa shape index (κ1) is 17.8. The topological polar surface area (TPSA) is 49.9 Å². The van der Waals surface area contributed by atoms with Crippen LogP contribution in [0.15, 0.2) is 60.2 Å². The fraction of sp³-hybridized carbons (Fsp3) is 0.150. The van der Waals surface area contributed by atoms with Gasteiger partial charge in [0.05, 0.1) is 0 Å². The number of ether oxygens (including phenoxy) is 1. The fourth-order valence-corrected chi connectivity index (χ4v) is 2.76. The number of rotatable bonds is 4. The van der Waals surface area contributed by atoms with E-state index in [1.807, 2.05) is 48.5 Å². The zero-order valence-corrected chi connectivity index (χ0v) is 15.3. The summed E-state index contributed by atoms with van der Waals surface area (Å²) in [6.45, 7) is 0.396. The number of likely N-dealkylation sites (N-methyl/N-ethyl adjacent to an activating group) is 2. The lowest BCUT2D eigenvalue weighted by atomic mass is 10.1. The molecule has 6 heteroatoms. The van der Waals surface area contributed by atoms with E-state index >= 15 is 0 Å². The quantitative estimate of drug-likeness (QED) is 0.474. The smallest absolute Gasteiger partial charge is 0.265 e. The van der Waals surface area contributed by atoms with Gasteiger partial charge in [-0.15, -0.1) is 0 Å².